The number of pyridine rings is 2. The van der Waals surface area contributed by atoms with Crippen LogP contribution < -0.4 is 5.73 Å². The highest BCUT2D eigenvalue weighted by atomic mass is 14.9. The molecule has 0 fully saturated rings. The number of nitrogens with zero attached hydrogens (tertiary/aromatic N) is 2. The fourth-order valence-electron chi connectivity index (χ4n) is 1.62. The molecule has 0 unspecified atom stereocenters. The molecule has 3 heterocycles. The minimum absolute atomic E-state index is 0.500. The van der Waals surface area contributed by atoms with Crippen molar-refractivity contribution in [2.75, 3.05) is 5.73 Å². The molecule has 0 bridgehead atoms. The van der Waals surface area contributed by atoms with Gasteiger partial charge < -0.3 is 10.7 Å². The van der Waals surface area contributed by atoms with E-state index in [0.29, 0.717) is 5.82 Å². The van der Waals surface area contributed by atoms with Crippen LogP contribution in [0.3, 0.4) is 0 Å². The number of nitrogen functional groups attached to an aromatic ring is 1. The molecule has 0 amide bonds. The summed E-state index contributed by atoms with van der Waals surface area (Å²) < 4.78 is 0. The number of H-pyrrole nitrogens is 1. The molecule has 1 aromatic heterocycles. The number of nitrogens with two attached hydrogens (primary N) is 1. The third-order valence-corrected chi connectivity index (χ3v) is 2.26. The monoisotopic (exact) mass is 184 g/mol. The van der Waals surface area contributed by atoms with Crippen molar-refractivity contribution in [3.63, 3.8) is 0 Å². The van der Waals surface area contributed by atoms with Crippen molar-refractivity contribution in [1.82, 2.24) is 15.0 Å². The topological polar surface area (TPSA) is 67.6 Å². The lowest BCUT2D eigenvalue weighted by molar-refractivity contribution is 1.25. The third-order valence-electron chi connectivity index (χ3n) is 2.26. The summed E-state index contributed by atoms with van der Waals surface area (Å²) in [7, 11) is 0. The summed E-state index contributed by atoms with van der Waals surface area (Å²) in [6.07, 6.45) is 3.61. The molecule has 0 radical (unpaired) electrons. The van der Waals surface area contributed by atoms with Crippen LogP contribution in [0.5, 0.6) is 0 Å². The smallest absolute Gasteiger partial charge is 0.138 e. The molecule has 4 nitrogen and oxygen atoms in total. The van der Waals surface area contributed by atoms with E-state index in [1.54, 1.807) is 12.3 Å². The van der Waals surface area contributed by atoms with Gasteiger partial charge in [-0.25, -0.2) is 9.97 Å². The molecule has 0 aromatic carbocycles. The molecular weight excluding hydrogens is 176 g/mol. The van der Waals surface area contributed by atoms with Crippen molar-refractivity contribution >= 4 is 16.7 Å². The maximum absolute atomic E-state index is 5.58. The van der Waals surface area contributed by atoms with Crippen LogP contribution in [0.4, 0.5) is 5.82 Å². The normalized spacial score (nSPS) is 11.1. The van der Waals surface area contributed by atoms with Gasteiger partial charge in [-0.1, -0.05) is 0 Å². The van der Waals surface area contributed by atoms with Gasteiger partial charge in [-0.3, -0.25) is 0 Å². The summed E-state index contributed by atoms with van der Waals surface area (Å²) in [5.41, 5.74) is 7.55. The summed E-state index contributed by atoms with van der Waals surface area (Å²) >= 11 is 0. The molecule has 1 aromatic rings. The molecule has 14 heavy (non-hydrogen) atoms. The zero-order valence-corrected chi connectivity index (χ0v) is 7.36. The Labute approximate surface area is 80.1 Å². The number of aromatic nitrogens is 3. The summed E-state index contributed by atoms with van der Waals surface area (Å²) in [4.78, 5) is 11.5. The highest BCUT2D eigenvalue weighted by Crippen LogP contribution is 2.28. The molecule has 3 N–H and O–H groups in total. The van der Waals surface area contributed by atoms with Crippen LogP contribution in [-0.2, 0) is 0 Å². The van der Waals surface area contributed by atoms with Crippen LogP contribution in [0, 0.1) is 0 Å². The fourth-order valence-corrected chi connectivity index (χ4v) is 1.62. The SMILES string of the molecule is Nc1cc2nc3[nH]cccc-3c2cn1. The molecule has 0 saturated carbocycles. The van der Waals surface area contributed by atoms with E-state index in [2.05, 4.69) is 15.0 Å². The molecule has 2 aliphatic heterocycles. The lowest BCUT2D eigenvalue weighted by atomic mass is 10.2. The number of anilines is 1. The number of nitrogens with one attached hydrogen (secondary N) is 1. The first-order valence-electron chi connectivity index (χ1n) is 4.33. The Morgan fingerprint density at radius 3 is 3.21 bits per heavy atom. The Morgan fingerprint density at radius 2 is 2.29 bits per heavy atom. The van der Waals surface area contributed by atoms with Crippen LogP contribution in [0.1, 0.15) is 0 Å². The van der Waals surface area contributed by atoms with Crippen LogP contribution in [0.25, 0.3) is 22.3 Å². The molecular formula is C10H8N4. The average molecular weight is 184 g/mol. The van der Waals surface area contributed by atoms with Gasteiger partial charge in [0, 0.05) is 29.4 Å². The van der Waals surface area contributed by atoms with Crippen molar-refractivity contribution in [3.8, 4) is 11.4 Å². The minimum atomic E-state index is 0.500. The summed E-state index contributed by atoms with van der Waals surface area (Å²) in [6.45, 7) is 0. The van der Waals surface area contributed by atoms with Crippen molar-refractivity contribution < 1.29 is 0 Å². The fraction of sp³-hybridized carbons (Fsp3) is 0. The van der Waals surface area contributed by atoms with Crippen LogP contribution in [0.2, 0.25) is 0 Å². The van der Waals surface area contributed by atoms with Gasteiger partial charge in [-0.2, -0.15) is 0 Å². The van der Waals surface area contributed by atoms with E-state index >= 15 is 0 Å². The van der Waals surface area contributed by atoms with Crippen LogP contribution >= 0.6 is 0 Å². The zero-order chi connectivity index (χ0) is 9.54. The zero-order valence-electron chi connectivity index (χ0n) is 7.36. The molecule has 4 heteroatoms. The van der Waals surface area contributed by atoms with Crippen molar-refractivity contribution in [1.29, 1.82) is 0 Å². The number of hydrogen-bond acceptors (Lipinski definition) is 3. The number of aromatic amines is 1. The Balaban J connectivity index is 2.50. The number of fused-ring (bicyclic) bond motifs is 3. The van der Waals surface area contributed by atoms with E-state index < -0.39 is 0 Å². The molecule has 0 spiro atoms. The Bertz CT molecular complexity index is 569. The van der Waals surface area contributed by atoms with Crippen molar-refractivity contribution in [2.24, 2.45) is 0 Å². The molecule has 0 atom stereocenters. The highest BCUT2D eigenvalue weighted by molar-refractivity contribution is 5.96. The first-order chi connectivity index (χ1) is 6.84. The van der Waals surface area contributed by atoms with Gasteiger partial charge in [0.2, 0.25) is 0 Å². The minimum Gasteiger partial charge on any atom is -0.384 e. The second-order valence-electron chi connectivity index (χ2n) is 3.17. The van der Waals surface area contributed by atoms with E-state index in [-0.39, 0.29) is 0 Å². The summed E-state index contributed by atoms with van der Waals surface area (Å²) in [5.74, 6) is 1.37. The predicted molar refractivity (Wildman–Crippen MR) is 54.9 cm³/mol. The van der Waals surface area contributed by atoms with E-state index in [4.69, 9.17) is 5.73 Å². The van der Waals surface area contributed by atoms with E-state index in [1.165, 1.54) is 0 Å². The second-order valence-corrected chi connectivity index (χ2v) is 3.17. The average Bonchev–Trinajstić information content (AvgIpc) is 2.54. The Hall–Kier alpha value is -2.10. The highest BCUT2D eigenvalue weighted by Gasteiger charge is 2.10. The van der Waals surface area contributed by atoms with Crippen molar-refractivity contribution in [2.45, 2.75) is 0 Å². The van der Waals surface area contributed by atoms with E-state index in [9.17, 15) is 0 Å². The van der Waals surface area contributed by atoms with Gasteiger partial charge in [-0.05, 0) is 12.1 Å². The van der Waals surface area contributed by atoms with Gasteiger partial charge in [-0.15, -0.1) is 0 Å². The summed E-state index contributed by atoms with van der Waals surface area (Å²) in [6, 6.07) is 5.74. The van der Waals surface area contributed by atoms with Gasteiger partial charge in [0.1, 0.15) is 11.6 Å². The Morgan fingerprint density at radius 1 is 1.36 bits per heavy atom. The molecule has 0 saturated heterocycles. The first-order valence-corrected chi connectivity index (χ1v) is 4.33. The van der Waals surface area contributed by atoms with Gasteiger partial charge in [0.25, 0.3) is 0 Å². The van der Waals surface area contributed by atoms with Gasteiger partial charge in [0.05, 0.1) is 5.52 Å². The summed E-state index contributed by atoms with van der Waals surface area (Å²) in [5, 5.41) is 1.03. The Kier molecular flexibility index (Phi) is 1.28. The molecule has 2 aliphatic rings. The van der Waals surface area contributed by atoms with Crippen LogP contribution in [0.15, 0.2) is 30.6 Å². The van der Waals surface area contributed by atoms with Gasteiger partial charge >= 0.3 is 0 Å². The molecule has 0 aliphatic carbocycles. The van der Waals surface area contributed by atoms with E-state index in [1.807, 2.05) is 18.3 Å². The maximum atomic E-state index is 5.58. The lowest BCUT2D eigenvalue weighted by Crippen LogP contribution is -1.87. The van der Waals surface area contributed by atoms with Crippen molar-refractivity contribution in [3.05, 3.63) is 30.6 Å². The molecule has 3 rings (SSSR count). The van der Waals surface area contributed by atoms with Gasteiger partial charge in [0.15, 0.2) is 0 Å². The van der Waals surface area contributed by atoms with E-state index in [0.717, 1.165) is 22.3 Å². The quantitative estimate of drug-likeness (QED) is 0.558. The van der Waals surface area contributed by atoms with Crippen LogP contribution in [-0.4, -0.2) is 15.0 Å². The number of rotatable bonds is 0. The molecule has 68 valence electrons. The maximum Gasteiger partial charge on any atom is 0.138 e. The standard InChI is InChI=1S/C10H8N4/c11-9-4-8-7(5-13-9)6-2-1-3-12-10(6)14-8/h1-5H,(H2,11,13)(H,12,14). The third kappa shape index (κ3) is 0.877. The largest absolute Gasteiger partial charge is 0.384 e. The number of hydrogen-bond donors (Lipinski definition) is 2. The lowest BCUT2D eigenvalue weighted by Gasteiger charge is -1.95. The first kappa shape index (κ1) is 7.32. The predicted octanol–water partition coefficient (Wildman–Crippen LogP) is 1.64. The second kappa shape index (κ2) is 2.45.